The number of methoxy groups -OCH3 is 3. The van der Waals surface area contributed by atoms with E-state index >= 15 is 0 Å². The molecular weight excluding hydrogens is 735 g/mol. The van der Waals surface area contributed by atoms with E-state index in [-0.39, 0.29) is 23.9 Å². The number of fused-ring (bicyclic) bond motifs is 4. The number of amides is 2. The van der Waals surface area contributed by atoms with E-state index in [1.165, 1.54) is 0 Å². The van der Waals surface area contributed by atoms with Gasteiger partial charge in [-0.15, -0.1) is 0 Å². The molecule has 12 heteroatoms. The lowest BCUT2D eigenvalue weighted by Gasteiger charge is -2.19. The van der Waals surface area contributed by atoms with Crippen LogP contribution in [0.5, 0.6) is 28.7 Å². The van der Waals surface area contributed by atoms with Gasteiger partial charge in [-0.05, 0) is 72.0 Å². The normalized spacial score (nSPS) is 18.2. The van der Waals surface area contributed by atoms with Crippen LogP contribution in [0.15, 0.2) is 95.2 Å². The molecule has 0 saturated carbocycles. The van der Waals surface area contributed by atoms with Crippen LogP contribution < -0.4 is 29.0 Å². The van der Waals surface area contributed by atoms with Crippen LogP contribution in [0.25, 0.3) is 11.1 Å². The lowest BCUT2D eigenvalue weighted by atomic mass is 10.0. The molecule has 4 aliphatic heterocycles. The molecule has 4 heterocycles. The number of hydrogen-bond acceptors (Lipinski definition) is 10. The highest BCUT2D eigenvalue weighted by Crippen LogP contribution is 2.42. The first-order chi connectivity index (χ1) is 28.3. The monoisotopic (exact) mass is 781 g/mol. The Bertz CT molecular complexity index is 2330. The Balaban J connectivity index is 0.893. The lowest BCUT2D eigenvalue weighted by Crippen LogP contribution is -2.32. The highest BCUT2D eigenvalue weighted by atomic mass is 16.5. The van der Waals surface area contributed by atoms with Crippen LogP contribution in [0.3, 0.4) is 0 Å². The number of rotatable bonds is 14. The number of nitrogens with one attached hydrogen (secondary N) is 1. The van der Waals surface area contributed by atoms with Crippen molar-refractivity contribution in [3.05, 3.63) is 107 Å². The molecule has 0 saturated heterocycles. The standard InChI is InChI=1S/C46H47N5O7/c1-6-28(2)49-33-12-8-29(9-13-33)31-18-34-24-47-39-22-43(41(55-4)20-37(39)45(52)50(34)26-31)57-16-7-17-58-44-23-40-38(21-42(44)56-5)46(53)51-27-32(19-35(51)25-48-40)30-10-14-36(54-3)15-11-30/h8-15,20-28,34-35,49H,6-7,16-19H2,1-5H3/t28?,34-,35?/m0/s1. The third-order valence-corrected chi connectivity index (χ3v) is 11.0. The highest BCUT2D eigenvalue weighted by molar-refractivity contribution is 6.06. The zero-order chi connectivity index (χ0) is 40.3. The van der Waals surface area contributed by atoms with Crippen molar-refractivity contribution in [1.82, 2.24) is 9.80 Å². The maximum atomic E-state index is 13.9. The molecule has 0 aliphatic carbocycles. The Morgan fingerprint density at radius 1 is 0.672 bits per heavy atom. The quantitative estimate of drug-likeness (QED) is 0.126. The summed E-state index contributed by atoms with van der Waals surface area (Å²) in [6, 6.07) is 23.1. The molecule has 2 amide bonds. The van der Waals surface area contributed by atoms with E-state index < -0.39 is 0 Å². The van der Waals surface area contributed by atoms with Crippen molar-refractivity contribution >= 4 is 52.5 Å². The predicted molar refractivity (Wildman–Crippen MR) is 226 cm³/mol. The van der Waals surface area contributed by atoms with Crippen molar-refractivity contribution in [2.45, 2.75) is 57.7 Å². The van der Waals surface area contributed by atoms with Crippen molar-refractivity contribution < 1.29 is 33.3 Å². The van der Waals surface area contributed by atoms with Gasteiger partial charge in [0.05, 0.1) is 69.1 Å². The van der Waals surface area contributed by atoms with Gasteiger partial charge in [0.25, 0.3) is 11.8 Å². The number of anilines is 1. The molecular formula is C46H47N5O7. The SMILES string of the molecule is CCC(C)Nc1ccc(C2=CN3C(=O)c4cc(OC)c(OCCCOc5cc6c(cc5OC)C(=O)N5C=C(c7ccc(OC)cc7)CC5C=N6)cc4N=C[C@@H]3C2)cc1. The smallest absolute Gasteiger partial charge is 0.260 e. The summed E-state index contributed by atoms with van der Waals surface area (Å²) in [6.07, 6.45) is 10.4. The number of ether oxygens (including phenoxy) is 5. The minimum absolute atomic E-state index is 0.142. The number of carbonyl (C=O) groups is 2. The van der Waals surface area contributed by atoms with Crippen molar-refractivity contribution in [3.8, 4) is 28.7 Å². The third kappa shape index (κ3) is 7.61. The molecule has 58 heavy (non-hydrogen) atoms. The Morgan fingerprint density at radius 3 is 1.60 bits per heavy atom. The van der Waals surface area contributed by atoms with E-state index in [0.29, 0.717) is 84.0 Å². The van der Waals surface area contributed by atoms with Gasteiger partial charge in [0.2, 0.25) is 0 Å². The Labute approximate surface area is 338 Å². The van der Waals surface area contributed by atoms with E-state index in [9.17, 15) is 9.59 Å². The Hall–Kier alpha value is -6.56. The second-order valence-corrected chi connectivity index (χ2v) is 14.7. The van der Waals surface area contributed by atoms with Crippen molar-refractivity contribution in [2.75, 3.05) is 39.9 Å². The predicted octanol–water partition coefficient (Wildman–Crippen LogP) is 8.71. The van der Waals surface area contributed by atoms with Crippen LogP contribution in [0, 0.1) is 0 Å². The molecule has 0 radical (unpaired) electrons. The fraction of sp³-hybridized carbons (Fsp3) is 0.304. The van der Waals surface area contributed by atoms with E-state index in [4.69, 9.17) is 33.7 Å². The van der Waals surface area contributed by atoms with Crippen LogP contribution in [0.2, 0.25) is 0 Å². The van der Waals surface area contributed by atoms with Gasteiger partial charge in [-0.2, -0.15) is 0 Å². The maximum Gasteiger partial charge on any atom is 0.260 e. The molecule has 4 aromatic carbocycles. The van der Waals surface area contributed by atoms with E-state index in [0.717, 1.165) is 40.1 Å². The van der Waals surface area contributed by atoms with Gasteiger partial charge in [0.15, 0.2) is 23.0 Å². The first kappa shape index (κ1) is 38.3. The van der Waals surface area contributed by atoms with Gasteiger partial charge in [-0.3, -0.25) is 19.6 Å². The fourth-order valence-electron chi connectivity index (χ4n) is 7.54. The molecule has 1 N–H and O–H groups in total. The lowest BCUT2D eigenvalue weighted by molar-refractivity contribution is 0.0809. The number of aliphatic imine (C=N–C) groups is 2. The minimum atomic E-state index is -0.203. The Kier molecular flexibility index (Phi) is 10.9. The number of benzene rings is 4. The van der Waals surface area contributed by atoms with Crippen LogP contribution in [0.1, 0.15) is 71.4 Å². The summed E-state index contributed by atoms with van der Waals surface area (Å²) >= 11 is 0. The van der Waals surface area contributed by atoms with Gasteiger partial charge in [-0.1, -0.05) is 31.2 Å². The molecule has 0 spiro atoms. The molecule has 12 nitrogen and oxygen atoms in total. The molecule has 2 unspecified atom stereocenters. The summed E-state index contributed by atoms with van der Waals surface area (Å²) in [5, 5.41) is 3.50. The van der Waals surface area contributed by atoms with Crippen molar-refractivity contribution in [2.24, 2.45) is 9.98 Å². The topological polar surface area (TPSA) is 124 Å². The zero-order valence-corrected chi connectivity index (χ0v) is 33.4. The van der Waals surface area contributed by atoms with Crippen LogP contribution in [-0.2, 0) is 0 Å². The molecule has 8 rings (SSSR count). The van der Waals surface area contributed by atoms with E-state index in [1.807, 2.05) is 49.1 Å². The maximum absolute atomic E-state index is 13.9. The van der Waals surface area contributed by atoms with Gasteiger partial charge in [0.1, 0.15) is 5.75 Å². The summed E-state index contributed by atoms with van der Waals surface area (Å²) in [5.41, 5.74) is 7.25. The van der Waals surface area contributed by atoms with E-state index in [1.54, 1.807) is 55.4 Å². The number of carbonyl (C=O) groups excluding carboxylic acids is 2. The summed E-state index contributed by atoms with van der Waals surface area (Å²) < 4.78 is 28.9. The molecule has 0 bridgehead atoms. The van der Waals surface area contributed by atoms with Gasteiger partial charge >= 0.3 is 0 Å². The Morgan fingerprint density at radius 2 is 1.16 bits per heavy atom. The molecule has 4 aromatic rings. The summed E-state index contributed by atoms with van der Waals surface area (Å²) in [6.45, 7) is 4.93. The summed E-state index contributed by atoms with van der Waals surface area (Å²) in [5.74, 6) is 2.32. The second-order valence-electron chi connectivity index (χ2n) is 14.7. The van der Waals surface area contributed by atoms with E-state index in [2.05, 4.69) is 43.4 Å². The number of hydrogen-bond donors (Lipinski definition) is 1. The van der Waals surface area contributed by atoms with Crippen LogP contribution >= 0.6 is 0 Å². The summed E-state index contributed by atoms with van der Waals surface area (Å²) in [7, 11) is 4.74. The molecule has 0 aromatic heterocycles. The highest BCUT2D eigenvalue weighted by Gasteiger charge is 2.35. The fourth-order valence-corrected chi connectivity index (χ4v) is 7.54. The first-order valence-electron chi connectivity index (χ1n) is 19.6. The molecule has 298 valence electrons. The van der Waals surface area contributed by atoms with Crippen LogP contribution in [-0.4, -0.2) is 86.7 Å². The zero-order valence-electron chi connectivity index (χ0n) is 33.4. The molecule has 3 atom stereocenters. The van der Waals surface area contributed by atoms with Crippen LogP contribution in [0.4, 0.5) is 17.1 Å². The number of nitrogens with zero attached hydrogens (tertiary/aromatic N) is 4. The molecule has 4 aliphatic rings. The largest absolute Gasteiger partial charge is 0.497 e. The molecule has 0 fully saturated rings. The van der Waals surface area contributed by atoms with Gasteiger partial charge < -0.3 is 38.8 Å². The van der Waals surface area contributed by atoms with Crippen molar-refractivity contribution in [1.29, 1.82) is 0 Å². The minimum Gasteiger partial charge on any atom is -0.497 e. The second kappa shape index (κ2) is 16.5. The van der Waals surface area contributed by atoms with Gasteiger partial charge in [-0.25, -0.2) is 0 Å². The van der Waals surface area contributed by atoms with Crippen molar-refractivity contribution in [3.63, 3.8) is 0 Å². The summed E-state index contributed by atoms with van der Waals surface area (Å²) in [4.78, 5) is 40.6. The third-order valence-electron chi connectivity index (χ3n) is 11.0. The average Bonchev–Trinajstić information content (AvgIpc) is 3.83. The average molecular weight is 782 g/mol. The first-order valence-corrected chi connectivity index (χ1v) is 19.6. The van der Waals surface area contributed by atoms with Gasteiger partial charge in [0, 0.05) is 68.0 Å².